The van der Waals surface area contributed by atoms with Crippen LogP contribution >= 0.6 is 11.5 Å². The molecule has 1 aromatic heterocycles. The Kier molecular flexibility index (Phi) is 9.03. The van der Waals surface area contributed by atoms with Crippen molar-refractivity contribution in [1.82, 2.24) is 9.69 Å². The minimum absolute atomic E-state index is 0.0160. The zero-order chi connectivity index (χ0) is 27.9. The number of nitrogens with zero attached hydrogens (tertiary/aromatic N) is 2. The molecule has 206 valence electrons. The second kappa shape index (κ2) is 12.6. The minimum atomic E-state index is -1.05. The van der Waals surface area contributed by atoms with Gasteiger partial charge < -0.3 is 26.3 Å². The van der Waals surface area contributed by atoms with Crippen LogP contribution in [0.25, 0.3) is 0 Å². The van der Waals surface area contributed by atoms with Gasteiger partial charge in [0, 0.05) is 11.7 Å². The highest BCUT2D eigenvalue weighted by Gasteiger charge is 2.37. The Hall–Kier alpha value is -4.12. The van der Waals surface area contributed by atoms with Crippen LogP contribution in [0.2, 0.25) is 0 Å². The zero-order valence-corrected chi connectivity index (χ0v) is 22.8. The molecule has 3 amide bonds. The summed E-state index contributed by atoms with van der Waals surface area (Å²) in [6.45, 7) is 4.74. The van der Waals surface area contributed by atoms with Crippen molar-refractivity contribution in [3.05, 3.63) is 64.7 Å². The van der Waals surface area contributed by atoms with Crippen molar-refractivity contribution in [3.63, 3.8) is 0 Å². The lowest BCUT2D eigenvalue weighted by atomic mass is 10.0. The highest BCUT2D eigenvalue weighted by Crippen LogP contribution is 2.35. The Morgan fingerprint density at radius 3 is 2.08 bits per heavy atom. The first-order valence-electron chi connectivity index (χ1n) is 13.0. The molecule has 0 saturated heterocycles. The number of carbonyl (C=O) groups excluding carboxylic acids is 3. The number of nitrogens with one attached hydrogen (secondary N) is 1. The molecule has 1 aliphatic rings. The van der Waals surface area contributed by atoms with Crippen molar-refractivity contribution in [2.45, 2.75) is 51.6 Å². The van der Waals surface area contributed by atoms with E-state index in [4.69, 9.17) is 20.9 Å². The molecule has 4 rings (SSSR count). The Morgan fingerprint density at radius 2 is 1.56 bits per heavy atom. The number of hydrogen-bond acceptors (Lipinski definition) is 8. The van der Waals surface area contributed by atoms with Gasteiger partial charge in [0.1, 0.15) is 22.4 Å². The normalized spacial score (nSPS) is 14.0. The van der Waals surface area contributed by atoms with E-state index in [0.717, 1.165) is 37.2 Å². The second-order valence-corrected chi connectivity index (χ2v) is 9.91. The molecule has 10 nitrogen and oxygen atoms in total. The molecule has 5 N–H and O–H groups in total. The van der Waals surface area contributed by atoms with Gasteiger partial charge in [0.25, 0.3) is 11.8 Å². The number of aromatic nitrogens is 1. The van der Waals surface area contributed by atoms with Gasteiger partial charge in [-0.1, -0.05) is 25.0 Å². The number of amides is 3. The lowest BCUT2D eigenvalue weighted by molar-refractivity contribution is -0.123. The van der Waals surface area contributed by atoms with Crippen LogP contribution in [0.5, 0.6) is 11.5 Å². The largest absolute Gasteiger partial charge is 0.494 e. The van der Waals surface area contributed by atoms with Gasteiger partial charge >= 0.3 is 0 Å². The maximum Gasteiger partial charge on any atom is 0.273 e. The Balaban J connectivity index is 1.83. The molecule has 0 radical (unpaired) electrons. The smallest absolute Gasteiger partial charge is 0.273 e. The van der Waals surface area contributed by atoms with Gasteiger partial charge in [-0.2, -0.15) is 4.37 Å². The van der Waals surface area contributed by atoms with Gasteiger partial charge in [-0.15, -0.1) is 0 Å². The number of hydrogen-bond donors (Lipinski definition) is 3. The SMILES string of the molecule is CCOc1ccc([C@H](C(=O)NC2CCCC2)N(C(=O)c2snc(C(N)=O)c2N)c2ccc(OCC)cc2)cc1. The van der Waals surface area contributed by atoms with Gasteiger partial charge in [-0.25, -0.2) is 0 Å². The molecule has 39 heavy (non-hydrogen) atoms. The fourth-order valence-electron chi connectivity index (χ4n) is 4.67. The molecule has 3 aromatic rings. The van der Waals surface area contributed by atoms with Crippen LogP contribution in [-0.2, 0) is 4.79 Å². The maximum atomic E-state index is 14.2. The molecule has 1 aliphatic carbocycles. The van der Waals surface area contributed by atoms with E-state index in [2.05, 4.69) is 9.69 Å². The monoisotopic (exact) mass is 551 g/mol. The van der Waals surface area contributed by atoms with Crippen molar-refractivity contribution in [2.24, 2.45) is 5.73 Å². The number of nitrogens with two attached hydrogens (primary N) is 2. The van der Waals surface area contributed by atoms with E-state index in [1.807, 2.05) is 13.8 Å². The number of benzene rings is 2. The summed E-state index contributed by atoms with van der Waals surface area (Å²) in [5.41, 5.74) is 12.3. The lowest BCUT2D eigenvalue weighted by Crippen LogP contribution is -2.46. The average molecular weight is 552 g/mol. The summed E-state index contributed by atoms with van der Waals surface area (Å²) in [5.74, 6) is -0.478. The Morgan fingerprint density at radius 1 is 1.00 bits per heavy atom. The number of primary amides is 1. The fourth-order valence-corrected chi connectivity index (χ4v) is 5.42. The first kappa shape index (κ1) is 27.9. The van der Waals surface area contributed by atoms with Crippen LogP contribution < -0.4 is 31.2 Å². The van der Waals surface area contributed by atoms with Gasteiger partial charge in [0.05, 0.1) is 18.9 Å². The van der Waals surface area contributed by atoms with Crippen LogP contribution in [0.3, 0.4) is 0 Å². The van der Waals surface area contributed by atoms with Crippen molar-refractivity contribution >= 4 is 40.6 Å². The molecule has 1 atom stereocenters. The van der Waals surface area contributed by atoms with Crippen molar-refractivity contribution in [3.8, 4) is 11.5 Å². The van der Waals surface area contributed by atoms with E-state index in [1.54, 1.807) is 48.5 Å². The molecule has 1 heterocycles. The first-order valence-corrected chi connectivity index (χ1v) is 13.8. The number of rotatable bonds is 11. The molecule has 0 bridgehead atoms. The molecule has 0 aliphatic heterocycles. The molecule has 0 spiro atoms. The zero-order valence-electron chi connectivity index (χ0n) is 22.0. The second-order valence-electron chi connectivity index (χ2n) is 9.13. The predicted octanol–water partition coefficient (Wildman–Crippen LogP) is 4.07. The quantitative estimate of drug-likeness (QED) is 0.325. The third-order valence-electron chi connectivity index (χ3n) is 6.52. The Bertz CT molecular complexity index is 1300. The summed E-state index contributed by atoms with van der Waals surface area (Å²) in [7, 11) is 0. The number of carbonyl (C=O) groups is 3. The molecule has 2 aromatic carbocycles. The topological polar surface area (TPSA) is 150 Å². The van der Waals surface area contributed by atoms with Crippen LogP contribution in [0.4, 0.5) is 11.4 Å². The molecular formula is C28H33N5O5S. The van der Waals surface area contributed by atoms with Crippen LogP contribution in [0.1, 0.15) is 71.3 Å². The van der Waals surface area contributed by atoms with Crippen molar-refractivity contribution in [1.29, 1.82) is 0 Å². The van der Waals surface area contributed by atoms with Gasteiger partial charge in [-0.3, -0.25) is 19.3 Å². The van der Waals surface area contributed by atoms with Crippen LogP contribution in [-0.4, -0.2) is 41.4 Å². The highest BCUT2D eigenvalue weighted by atomic mass is 32.1. The summed E-state index contributed by atoms with van der Waals surface area (Å²) >= 11 is 0.770. The van der Waals surface area contributed by atoms with Crippen molar-refractivity contribution < 1.29 is 23.9 Å². The van der Waals surface area contributed by atoms with Gasteiger partial charge in [0.2, 0.25) is 5.91 Å². The summed E-state index contributed by atoms with van der Waals surface area (Å²) in [6.07, 6.45) is 3.83. The average Bonchev–Trinajstić information content (AvgIpc) is 3.58. The van der Waals surface area contributed by atoms with E-state index in [-0.39, 0.29) is 28.2 Å². The maximum absolute atomic E-state index is 14.2. The van der Waals surface area contributed by atoms with E-state index >= 15 is 0 Å². The third kappa shape index (κ3) is 6.31. The standard InChI is InChI=1S/C28H33N5O5S/c1-3-37-20-13-9-17(10-14-20)24(27(35)31-18-7-5-6-8-18)33(19-11-15-21(16-12-19)38-4-2)28(36)25-22(29)23(26(30)34)32-39-25/h9-16,18,24H,3-8,29H2,1-2H3,(H2,30,34)(H,31,35)/t24-/m1/s1. The first-order chi connectivity index (χ1) is 18.8. The van der Waals surface area contributed by atoms with Crippen molar-refractivity contribution in [2.75, 3.05) is 23.8 Å². The molecule has 1 fully saturated rings. The number of nitrogen functional groups attached to an aromatic ring is 1. The summed E-state index contributed by atoms with van der Waals surface area (Å²) < 4.78 is 15.2. The van der Waals surface area contributed by atoms with E-state index in [1.165, 1.54) is 4.90 Å². The van der Waals surface area contributed by atoms with E-state index in [0.29, 0.717) is 36.0 Å². The van der Waals surface area contributed by atoms with Crippen LogP contribution in [0.15, 0.2) is 48.5 Å². The lowest BCUT2D eigenvalue weighted by Gasteiger charge is -2.32. The summed E-state index contributed by atoms with van der Waals surface area (Å²) in [5, 5.41) is 3.14. The Labute approximate surface area is 231 Å². The summed E-state index contributed by atoms with van der Waals surface area (Å²) in [4.78, 5) is 41.3. The number of ether oxygens (including phenoxy) is 2. The molecular weight excluding hydrogens is 518 g/mol. The van der Waals surface area contributed by atoms with E-state index in [9.17, 15) is 14.4 Å². The minimum Gasteiger partial charge on any atom is -0.494 e. The molecule has 0 unspecified atom stereocenters. The third-order valence-corrected chi connectivity index (χ3v) is 7.37. The van der Waals surface area contributed by atoms with Gasteiger partial charge in [0.15, 0.2) is 5.69 Å². The summed E-state index contributed by atoms with van der Waals surface area (Å²) in [6, 6.07) is 12.9. The van der Waals surface area contributed by atoms with Gasteiger partial charge in [-0.05, 0) is 80.2 Å². The van der Waals surface area contributed by atoms with Crippen LogP contribution in [0, 0.1) is 0 Å². The molecule has 11 heteroatoms. The highest BCUT2D eigenvalue weighted by molar-refractivity contribution is 7.09. The van der Waals surface area contributed by atoms with E-state index < -0.39 is 17.9 Å². The number of anilines is 2. The fraction of sp³-hybridized carbons (Fsp3) is 0.357. The molecule has 1 saturated carbocycles. The predicted molar refractivity (Wildman–Crippen MR) is 150 cm³/mol.